The first-order chi connectivity index (χ1) is 10.2. The lowest BCUT2D eigenvalue weighted by Gasteiger charge is -2.44. The lowest BCUT2D eigenvalue weighted by molar-refractivity contribution is 0.0694. The maximum Gasteiger partial charge on any atom is -0.00179 e. The minimum absolute atomic E-state index is 0.888. The van der Waals surface area contributed by atoms with Gasteiger partial charge in [0.2, 0.25) is 0 Å². The van der Waals surface area contributed by atoms with Crippen LogP contribution in [0.3, 0.4) is 0 Å². The van der Waals surface area contributed by atoms with Gasteiger partial charge in [-0.3, -0.25) is 0 Å². The molecular weight excluding hydrogens is 254 g/mol. The highest BCUT2D eigenvalue weighted by Crippen LogP contribution is 2.46. The Labute approximate surface area is 133 Å². The van der Waals surface area contributed by atoms with E-state index < -0.39 is 0 Å². The van der Waals surface area contributed by atoms with Gasteiger partial charge >= 0.3 is 0 Å². The van der Waals surface area contributed by atoms with Gasteiger partial charge in [-0.15, -0.1) is 0 Å². The van der Waals surface area contributed by atoms with E-state index in [1.54, 1.807) is 0 Å². The Morgan fingerprint density at radius 3 is 2.24 bits per heavy atom. The molecule has 0 aliphatic heterocycles. The average molecular weight is 294 g/mol. The predicted molar refractivity (Wildman–Crippen MR) is 93.4 cm³/mol. The van der Waals surface area contributed by atoms with Crippen molar-refractivity contribution in [1.82, 2.24) is 5.32 Å². The largest absolute Gasteiger partial charge is 0.317 e. The third-order valence-electron chi connectivity index (χ3n) is 6.76. The van der Waals surface area contributed by atoms with Gasteiger partial charge in [0.1, 0.15) is 0 Å². The number of hydrogen-bond acceptors (Lipinski definition) is 1. The second kappa shape index (κ2) is 8.56. The second-order valence-corrected chi connectivity index (χ2v) is 8.24. The van der Waals surface area contributed by atoms with E-state index in [1.165, 1.54) is 57.9 Å². The Bertz CT molecular complexity index is 278. The van der Waals surface area contributed by atoms with Crippen molar-refractivity contribution in [2.24, 2.45) is 35.5 Å². The molecule has 0 spiro atoms. The van der Waals surface area contributed by atoms with Crippen LogP contribution in [0.15, 0.2) is 0 Å². The molecule has 21 heavy (non-hydrogen) atoms. The molecule has 3 atom stereocenters. The summed E-state index contributed by atoms with van der Waals surface area (Å²) in [5.74, 6) is 5.94. The highest BCUT2D eigenvalue weighted by molar-refractivity contribution is 4.88. The van der Waals surface area contributed by atoms with Crippen LogP contribution in [-0.2, 0) is 0 Å². The van der Waals surface area contributed by atoms with Crippen LogP contribution in [0.2, 0.25) is 0 Å². The van der Waals surface area contributed by atoms with Crippen molar-refractivity contribution in [3.63, 3.8) is 0 Å². The highest BCUT2D eigenvalue weighted by Gasteiger charge is 2.37. The van der Waals surface area contributed by atoms with E-state index in [2.05, 4.69) is 33.0 Å². The van der Waals surface area contributed by atoms with Crippen LogP contribution in [0.25, 0.3) is 0 Å². The summed E-state index contributed by atoms with van der Waals surface area (Å²) in [6, 6.07) is 0. The minimum Gasteiger partial charge on any atom is -0.317 e. The Balaban J connectivity index is 1.95. The summed E-state index contributed by atoms with van der Waals surface area (Å²) in [5, 5.41) is 3.65. The summed E-state index contributed by atoms with van der Waals surface area (Å²) in [6.07, 6.45) is 12.0. The van der Waals surface area contributed by atoms with Crippen LogP contribution >= 0.6 is 0 Å². The zero-order chi connectivity index (χ0) is 15.2. The third-order valence-corrected chi connectivity index (χ3v) is 6.76. The molecule has 0 saturated heterocycles. The molecular formula is C20H39N. The third kappa shape index (κ3) is 4.71. The highest BCUT2D eigenvalue weighted by atomic mass is 14.8. The first kappa shape index (κ1) is 17.3. The van der Waals surface area contributed by atoms with Gasteiger partial charge < -0.3 is 5.32 Å². The van der Waals surface area contributed by atoms with E-state index in [1.807, 2.05) is 0 Å². The van der Waals surface area contributed by atoms with E-state index in [-0.39, 0.29) is 0 Å². The van der Waals surface area contributed by atoms with Crippen LogP contribution in [0, 0.1) is 35.5 Å². The fourth-order valence-corrected chi connectivity index (χ4v) is 5.09. The van der Waals surface area contributed by atoms with Crippen LogP contribution in [0.4, 0.5) is 0 Å². The van der Waals surface area contributed by atoms with Gasteiger partial charge in [0.15, 0.2) is 0 Å². The van der Waals surface area contributed by atoms with Gasteiger partial charge in [-0.05, 0) is 80.7 Å². The van der Waals surface area contributed by atoms with Crippen LogP contribution < -0.4 is 5.32 Å². The number of nitrogens with one attached hydrogen (secondary N) is 1. The van der Waals surface area contributed by atoms with E-state index in [9.17, 15) is 0 Å². The Hall–Kier alpha value is -0.0400. The molecule has 3 unspecified atom stereocenters. The summed E-state index contributed by atoms with van der Waals surface area (Å²) in [6.45, 7) is 11.9. The maximum absolute atomic E-state index is 3.65. The average Bonchev–Trinajstić information content (AvgIpc) is 2.52. The topological polar surface area (TPSA) is 12.0 Å². The lowest BCUT2D eigenvalue weighted by atomic mass is 9.62. The summed E-state index contributed by atoms with van der Waals surface area (Å²) in [5.41, 5.74) is 0. The van der Waals surface area contributed by atoms with Gasteiger partial charge in [0.05, 0.1) is 0 Å². The van der Waals surface area contributed by atoms with Gasteiger partial charge in [-0.1, -0.05) is 47.0 Å². The van der Waals surface area contributed by atoms with E-state index >= 15 is 0 Å². The minimum atomic E-state index is 0.888. The molecule has 0 aromatic carbocycles. The van der Waals surface area contributed by atoms with Crippen LogP contribution in [0.5, 0.6) is 0 Å². The Kier molecular flexibility index (Phi) is 7.05. The standard InChI is InChI=1S/C20H39N/c1-5-16-7-9-17(10-8-16)20-13-18(15(3)4)11-12-19(20)14-21-6-2/h15-21H,5-14H2,1-4H3. The van der Waals surface area contributed by atoms with Crippen molar-refractivity contribution in [3.05, 3.63) is 0 Å². The van der Waals surface area contributed by atoms with Crippen molar-refractivity contribution in [2.75, 3.05) is 13.1 Å². The molecule has 1 N–H and O–H groups in total. The van der Waals surface area contributed by atoms with E-state index in [4.69, 9.17) is 0 Å². The van der Waals surface area contributed by atoms with Gasteiger partial charge in [0, 0.05) is 0 Å². The molecule has 124 valence electrons. The predicted octanol–water partition coefficient (Wildman–Crippen LogP) is 5.50. The first-order valence-corrected chi connectivity index (χ1v) is 9.86. The van der Waals surface area contributed by atoms with E-state index in [0.717, 1.165) is 42.1 Å². The zero-order valence-electron chi connectivity index (χ0n) is 15.0. The van der Waals surface area contributed by atoms with Gasteiger partial charge in [-0.2, -0.15) is 0 Å². The molecule has 0 radical (unpaired) electrons. The van der Waals surface area contributed by atoms with Crippen LogP contribution in [0.1, 0.15) is 79.1 Å². The number of hydrogen-bond donors (Lipinski definition) is 1. The molecule has 0 aromatic rings. The molecule has 2 aliphatic carbocycles. The summed E-state index contributed by atoms with van der Waals surface area (Å²) >= 11 is 0. The van der Waals surface area contributed by atoms with Crippen molar-refractivity contribution < 1.29 is 0 Å². The molecule has 2 aliphatic rings. The normalized spacial score (nSPS) is 37.9. The molecule has 2 fully saturated rings. The first-order valence-electron chi connectivity index (χ1n) is 9.86. The van der Waals surface area contributed by atoms with Crippen molar-refractivity contribution in [1.29, 1.82) is 0 Å². The zero-order valence-corrected chi connectivity index (χ0v) is 15.0. The van der Waals surface area contributed by atoms with E-state index in [0.29, 0.717) is 0 Å². The molecule has 1 heteroatoms. The Morgan fingerprint density at radius 2 is 1.67 bits per heavy atom. The quantitative estimate of drug-likeness (QED) is 0.681. The summed E-state index contributed by atoms with van der Waals surface area (Å²) < 4.78 is 0. The maximum atomic E-state index is 3.65. The fraction of sp³-hybridized carbons (Fsp3) is 1.00. The molecule has 0 bridgehead atoms. The smallest absolute Gasteiger partial charge is 0.00179 e. The monoisotopic (exact) mass is 293 g/mol. The Morgan fingerprint density at radius 1 is 0.952 bits per heavy atom. The fourth-order valence-electron chi connectivity index (χ4n) is 5.09. The lowest BCUT2D eigenvalue weighted by Crippen LogP contribution is -2.39. The van der Waals surface area contributed by atoms with Gasteiger partial charge in [0.25, 0.3) is 0 Å². The van der Waals surface area contributed by atoms with Gasteiger partial charge in [-0.25, -0.2) is 0 Å². The van der Waals surface area contributed by atoms with Crippen molar-refractivity contribution in [2.45, 2.75) is 79.1 Å². The molecule has 0 amide bonds. The SMILES string of the molecule is CCNCC1CCC(C(C)C)CC1C1CCC(CC)CC1. The van der Waals surface area contributed by atoms with Crippen molar-refractivity contribution >= 4 is 0 Å². The molecule has 2 saturated carbocycles. The molecule has 1 nitrogen and oxygen atoms in total. The molecule has 0 aromatic heterocycles. The summed E-state index contributed by atoms with van der Waals surface area (Å²) in [4.78, 5) is 0. The number of rotatable bonds is 6. The van der Waals surface area contributed by atoms with Crippen molar-refractivity contribution in [3.8, 4) is 0 Å². The summed E-state index contributed by atoms with van der Waals surface area (Å²) in [7, 11) is 0. The molecule has 2 rings (SSSR count). The molecule has 0 heterocycles. The van der Waals surface area contributed by atoms with Crippen LogP contribution in [-0.4, -0.2) is 13.1 Å². The second-order valence-electron chi connectivity index (χ2n) is 8.24.